The van der Waals surface area contributed by atoms with Crippen LogP contribution in [-0.2, 0) is 0 Å². The first-order valence-electron chi connectivity index (χ1n) is 13.7. The Morgan fingerprint density at radius 2 is 1.87 bits per heavy atom. The maximum atomic E-state index is 10.2. The zero-order valence-electron chi connectivity index (χ0n) is 21.3. The molecule has 1 N–H and O–H groups in total. The van der Waals surface area contributed by atoms with Crippen LogP contribution < -0.4 is 0 Å². The fraction of sp³-hybridized carbons (Fsp3) is 0.867. The van der Waals surface area contributed by atoms with E-state index in [2.05, 4.69) is 47.3 Å². The van der Waals surface area contributed by atoms with E-state index in [0.717, 1.165) is 48.3 Å². The monoisotopic (exact) mass is 426 g/mol. The molecule has 1 nitrogen and oxygen atoms in total. The van der Waals surface area contributed by atoms with E-state index >= 15 is 0 Å². The molecule has 0 radical (unpaired) electrons. The summed E-state index contributed by atoms with van der Waals surface area (Å²) in [5.41, 5.74) is 3.91. The largest absolute Gasteiger partial charge is 0.393 e. The highest BCUT2D eigenvalue weighted by Gasteiger charge is 2.59. The van der Waals surface area contributed by atoms with Gasteiger partial charge in [-0.15, -0.1) is 6.58 Å². The molecule has 4 rings (SSSR count). The molecule has 0 aliphatic heterocycles. The third-order valence-corrected chi connectivity index (χ3v) is 10.9. The van der Waals surface area contributed by atoms with Crippen LogP contribution in [-0.4, -0.2) is 11.2 Å². The quantitative estimate of drug-likeness (QED) is 0.406. The van der Waals surface area contributed by atoms with E-state index in [1.807, 2.05) is 0 Å². The number of fused-ring (bicyclic) bond motifs is 5. The fourth-order valence-electron chi connectivity index (χ4n) is 9.30. The van der Waals surface area contributed by atoms with Crippen LogP contribution in [0.15, 0.2) is 23.8 Å². The van der Waals surface area contributed by atoms with Gasteiger partial charge in [-0.25, -0.2) is 0 Å². The van der Waals surface area contributed by atoms with Crippen LogP contribution in [0.5, 0.6) is 0 Å². The molecular weight excluding hydrogens is 376 g/mol. The molecule has 1 heteroatoms. The second-order valence-electron chi connectivity index (χ2n) is 13.1. The minimum atomic E-state index is -0.0837. The summed E-state index contributed by atoms with van der Waals surface area (Å²) >= 11 is 0. The van der Waals surface area contributed by atoms with E-state index in [1.54, 1.807) is 5.57 Å². The Hall–Kier alpha value is -0.560. The van der Waals surface area contributed by atoms with Crippen molar-refractivity contribution in [3.63, 3.8) is 0 Å². The third kappa shape index (κ3) is 4.34. The molecule has 3 saturated carbocycles. The minimum absolute atomic E-state index is 0.0837. The summed E-state index contributed by atoms with van der Waals surface area (Å²) in [5, 5.41) is 10.2. The van der Waals surface area contributed by atoms with Crippen molar-refractivity contribution in [2.45, 2.75) is 118 Å². The van der Waals surface area contributed by atoms with Crippen LogP contribution >= 0.6 is 0 Å². The lowest BCUT2D eigenvalue weighted by Crippen LogP contribution is -2.50. The Balaban J connectivity index is 1.41. The van der Waals surface area contributed by atoms with E-state index < -0.39 is 0 Å². The highest BCUT2D eigenvalue weighted by atomic mass is 16.3. The van der Waals surface area contributed by atoms with Gasteiger partial charge < -0.3 is 5.11 Å². The van der Waals surface area contributed by atoms with E-state index in [-0.39, 0.29) is 6.10 Å². The lowest BCUT2D eigenvalue weighted by molar-refractivity contribution is -0.0573. The maximum absolute atomic E-state index is 10.2. The maximum Gasteiger partial charge on any atom is 0.0577 e. The van der Waals surface area contributed by atoms with E-state index in [1.165, 1.54) is 69.8 Å². The first-order valence-corrected chi connectivity index (χ1v) is 13.7. The Morgan fingerprint density at radius 1 is 1.10 bits per heavy atom. The fourth-order valence-corrected chi connectivity index (χ4v) is 9.30. The van der Waals surface area contributed by atoms with Crippen molar-refractivity contribution < 1.29 is 5.11 Å². The average Bonchev–Trinajstić information content (AvgIpc) is 3.05. The van der Waals surface area contributed by atoms with Gasteiger partial charge in [0.1, 0.15) is 0 Å². The molecule has 0 aromatic rings. The van der Waals surface area contributed by atoms with Crippen LogP contribution in [0.25, 0.3) is 0 Å². The van der Waals surface area contributed by atoms with E-state index in [0.29, 0.717) is 10.8 Å². The molecule has 0 saturated heterocycles. The Morgan fingerprint density at radius 3 is 2.61 bits per heavy atom. The van der Waals surface area contributed by atoms with Crippen molar-refractivity contribution >= 4 is 0 Å². The zero-order chi connectivity index (χ0) is 22.4. The van der Waals surface area contributed by atoms with Crippen LogP contribution in [0.1, 0.15) is 112 Å². The van der Waals surface area contributed by atoms with Crippen molar-refractivity contribution in [3.8, 4) is 0 Å². The van der Waals surface area contributed by atoms with E-state index in [4.69, 9.17) is 0 Å². The first kappa shape index (κ1) is 23.6. The topological polar surface area (TPSA) is 20.2 Å². The number of aliphatic hydroxyl groups excluding tert-OH is 1. The van der Waals surface area contributed by atoms with Crippen LogP contribution in [0.2, 0.25) is 0 Å². The highest BCUT2D eigenvalue weighted by Crippen LogP contribution is 2.67. The second kappa shape index (κ2) is 9.00. The molecule has 0 aromatic heterocycles. The van der Waals surface area contributed by atoms with Gasteiger partial charge in [-0.1, -0.05) is 64.2 Å². The van der Waals surface area contributed by atoms with Crippen molar-refractivity contribution in [3.05, 3.63) is 23.8 Å². The van der Waals surface area contributed by atoms with Gasteiger partial charge >= 0.3 is 0 Å². The molecule has 3 fully saturated rings. The molecule has 31 heavy (non-hydrogen) atoms. The number of rotatable bonds is 7. The van der Waals surface area contributed by atoms with Gasteiger partial charge in [0.25, 0.3) is 0 Å². The number of aliphatic hydroxyl groups is 1. The van der Waals surface area contributed by atoms with Gasteiger partial charge in [0.2, 0.25) is 0 Å². The van der Waals surface area contributed by atoms with Gasteiger partial charge in [0, 0.05) is 0 Å². The third-order valence-electron chi connectivity index (χ3n) is 10.9. The standard InChI is InChI=1S/C30H50O/c1-20(2)18-21(3)8-7-9-22(4)26-12-13-27-25-11-10-23-19-24(31)14-16-29(23,5)28(25)15-17-30(26,27)6/h10,21-22,24-28,31H,1,7-9,11-19H2,2-6H3/t21?,22?,24-,25-,26+,27-,28-,29-,30+/m0/s1. The minimum Gasteiger partial charge on any atom is -0.393 e. The summed E-state index contributed by atoms with van der Waals surface area (Å²) in [5.74, 6) is 5.30. The molecule has 176 valence electrons. The number of hydrogen-bond donors (Lipinski definition) is 1. The molecule has 0 aromatic carbocycles. The lowest BCUT2D eigenvalue weighted by atomic mass is 9.47. The van der Waals surface area contributed by atoms with Gasteiger partial charge in [-0.2, -0.15) is 0 Å². The average molecular weight is 427 g/mol. The van der Waals surface area contributed by atoms with Crippen molar-refractivity contribution in [2.75, 3.05) is 0 Å². The van der Waals surface area contributed by atoms with Crippen LogP contribution in [0.3, 0.4) is 0 Å². The van der Waals surface area contributed by atoms with Gasteiger partial charge in [-0.05, 0) is 111 Å². The molecule has 0 spiro atoms. The lowest BCUT2D eigenvalue weighted by Gasteiger charge is -2.58. The van der Waals surface area contributed by atoms with Crippen molar-refractivity contribution in [2.24, 2.45) is 46.3 Å². The summed E-state index contributed by atoms with van der Waals surface area (Å²) in [6.45, 7) is 16.5. The normalized spacial score (nSPS) is 43.9. The summed E-state index contributed by atoms with van der Waals surface area (Å²) in [6, 6.07) is 0. The van der Waals surface area contributed by atoms with Crippen LogP contribution in [0.4, 0.5) is 0 Å². The summed E-state index contributed by atoms with van der Waals surface area (Å²) in [7, 11) is 0. The molecule has 0 heterocycles. The van der Waals surface area contributed by atoms with E-state index in [9.17, 15) is 5.11 Å². The molecule has 9 atom stereocenters. The highest BCUT2D eigenvalue weighted by molar-refractivity contribution is 5.25. The molecule has 4 aliphatic carbocycles. The van der Waals surface area contributed by atoms with Crippen LogP contribution in [0, 0.1) is 46.3 Å². The molecule has 4 aliphatic rings. The molecule has 2 unspecified atom stereocenters. The summed E-state index contributed by atoms with van der Waals surface area (Å²) in [6.07, 6.45) is 18.2. The predicted molar refractivity (Wildman–Crippen MR) is 133 cm³/mol. The second-order valence-corrected chi connectivity index (χ2v) is 13.1. The van der Waals surface area contributed by atoms with Crippen molar-refractivity contribution in [1.29, 1.82) is 0 Å². The Labute approximate surface area is 193 Å². The SMILES string of the molecule is C=C(C)CC(C)CCCC(C)[C@H]1CC[C@H]2[C@@H]3CC=C4C[C@@H](O)CC[C@]4(C)[C@H]3CC[C@]12C. The predicted octanol–water partition coefficient (Wildman–Crippen LogP) is 8.34. The zero-order valence-corrected chi connectivity index (χ0v) is 21.3. The smallest absolute Gasteiger partial charge is 0.0577 e. The molecule has 0 amide bonds. The van der Waals surface area contributed by atoms with Crippen molar-refractivity contribution in [1.82, 2.24) is 0 Å². The Bertz CT molecular complexity index is 691. The first-order chi connectivity index (χ1) is 14.6. The number of hydrogen-bond acceptors (Lipinski definition) is 1. The van der Waals surface area contributed by atoms with Gasteiger partial charge in [-0.3, -0.25) is 0 Å². The summed E-state index contributed by atoms with van der Waals surface area (Å²) < 4.78 is 0. The molecule has 0 bridgehead atoms. The molecular formula is C30H50O. The summed E-state index contributed by atoms with van der Waals surface area (Å²) in [4.78, 5) is 0. The number of allylic oxidation sites excluding steroid dienone is 2. The van der Waals surface area contributed by atoms with Gasteiger partial charge in [0.15, 0.2) is 0 Å². The van der Waals surface area contributed by atoms with Gasteiger partial charge in [0.05, 0.1) is 6.10 Å². The Kier molecular flexibility index (Phi) is 6.85.